The highest BCUT2D eigenvalue weighted by atomic mass is 16.6. The monoisotopic (exact) mass is 311 g/mol. The van der Waals surface area contributed by atoms with Crippen molar-refractivity contribution in [2.45, 2.75) is 71.8 Å². The van der Waals surface area contributed by atoms with Gasteiger partial charge in [-0.15, -0.1) is 0 Å². The zero-order valence-corrected chi connectivity index (χ0v) is 14.3. The Bertz CT molecular complexity index is 407. The molecule has 0 saturated heterocycles. The normalized spacial score (nSPS) is 10.9. The number of carbonyl (C=O) groups is 3. The van der Waals surface area contributed by atoms with Gasteiger partial charge >= 0.3 is 5.97 Å². The van der Waals surface area contributed by atoms with Gasteiger partial charge in [-0.2, -0.15) is 0 Å². The van der Waals surface area contributed by atoms with Gasteiger partial charge in [-0.3, -0.25) is 14.4 Å². The molecule has 0 aliphatic rings. The quantitative estimate of drug-likeness (QED) is 0.382. The van der Waals surface area contributed by atoms with E-state index in [0.717, 1.165) is 6.42 Å². The number of nitrogens with one attached hydrogen (secondary N) is 1. The van der Waals surface area contributed by atoms with Gasteiger partial charge in [0.05, 0.1) is 6.42 Å². The number of rotatable bonds is 10. The lowest BCUT2D eigenvalue weighted by Gasteiger charge is -2.19. The molecule has 0 bridgehead atoms. The van der Waals surface area contributed by atoms with Gasteiger partial charge in [0, 0.05) is 19.4 Å². The van der Waals surface area contributed by atoms with Crippen molar-refractivity contribution in [1.82, 2.24) is 5.32 Å². The maximum absolute atomic E-state index is 11.8. The minimum atomic E-state index is -0.479. The van der Waals surface area contributed by atoms with Crippen LogP contribution < -0.4 is 5.32 Å². The van der Waals surface area contributed by atoms with Gasteiger partial charge in [0.15, 0.2) is 5.78 Å². The Kier molecular flexibility index (Phi) is 9.38. The maximum atomic E-state index is 11.8. The third kappa shape index (κ3) is 11.1. The van der Waals surface area contributed by atoms with Crippen LogP contribution in [0.5, 0.6) is 0 Å². The number of ether oxygens (including phenoxy) is 1. The average molecular weight is 311 g/mol. The Balaban J connectivity index is 3.87. The van der Waals surface area contributed by atoms with Crippen LogP contribution in [0.1, 0.15) is 66.2 Å². The van der Waals surface area contributed by atoms with Crippen LogP contribution in [0.2, 0.25) is 0 Å². The van der Waals surface area contributed by atoms with Crippen LogP contribution in [0.3, 0.4) is 0 Å². The standard InChI is InChI=1S/C17H29NO4/c1-6-11-18-15(20)12-13(2)14(19)9-7-8-10-16(21)22-17(3,4)5/h2,6-12H2,1,3-5H3,(H,18,20). The number of carbonyl (C=O) groups excluding carboxylic acids is 3. The molecule has 0 saturated carbocycles. The van der Waals surface area contributed by atoms with E-state index in [-0.39, 0.29) is 24.1 Å². The number of amides is 1. The van der Waals surface area contributed by atoms with Crippen molar-refractivity contribution in [3.05, 3.63) is 12.2 Å². The fourth-order valence-electron chi connectivity index (χ4n) is 1.74. The van der Waals surface area contributed by atoms with Crippen molar-refractivity contribution in [2.75, 3.05) is 6.54 Å². The fraction of sp³-hybridized carbons (Fsp3) is 0.706. The van der Waals surface area contributed by atoms with E-state index in [2.05, 4.69) is 11.9 Å². The van der Waals surface area contributed by atoms with Gasteiger partial charge in [0.1, 0.15) is 5.60 Å². The van der Waals surface area contributed by atoms with Gasteiger partial charge in [-0.1, -0.05) is 13.5 Å². The average Bonchev–Trinajstić information content (AvgIpc) is 2.38. The summed E-state index contributed by atoms with van der Waals surface area (Å²) in [7, 11) is 0. The predicted molar refractivity (Wildman–Crippen MR) is 86.4 cm³/mol. The van der Waals surface area contributed by atoms with E-state index in [1.165, 1.54) is 0 Å². The minimum absolute atomic E-state index is 0.0465. The molecule has 0 heterocycles. The highest BCUT2D eigenvalue weighted by Gasteiger charge is 2.16. The lowest BCUT2D eigenvalue weighted by Crippen LogP contribution is -2.25. The predicted octanol–water partition coefficient (Wildman–Crippen LogP) is 2.93. The van der Waals surface area contributed by atoms with Crippen molar-refractivity contribution in [3.8, 4) is 0 Å². The molecule has 0 spiro atoms. The van der Waals surface area contributed by atoms with Crippen molar-refractivity contribution in [1.29, 1.82) is 0 Å². The molecule has 22 heavy (non-hydrogen) atoms. The number of esters is 1. The summed E-state index contributed by atoms with van der Waals surface area (Å²) in [5.74, 6) is -0.539. The summed E-state index contributed by atoms with van der Waals surface area (Å²) in [5, 5.41) is 2.71. The van der Waals surface area contributed by atoms with E-state index >= 15 is 0 Å². The number of hydrogen-bond acceptors (Lipinski definition) is 4. The Labute approximate surface area is 133 Å². The van der Waals surface area contributed by atoms with Crippen LogP contribution >= 0.6 is 0 Å². The smallest absolute Gasteiger partial charge is 0.306 e. The molecular formula is C17H29NO4. The highest BCUT2D eigenvalue weighted by Crippen LogP contribution is 2.12. The molecule has 0 unspecified atom stereocenters. The van der Waals surface area contributed by atoms with Crippen molar-refractivity contribution in [3.63, 3.8) is 0 Å². The molecule has 0 aromatic heterocycles. The number of ketones is 1. The first-order valence-corrected chi connectivity index (χ1v) is 7.85. The number of hydrogen-bond donors (Lipinski definition) is 1. The van der Waals surface area contributed by atoms with E-state index in [1.807, 2.05) is 27.7 Å². The topological polar surface area (TPSA) is 72.5 Å². The largest absolute Gasteiger partial charge is 0.460 e. The molecule has 0 radical (unpaired) electrons. The molecule has 1 amide bonds. The van der Waals surface area contributed by atoms with Crippen molar-refractivity contribution >= 4 is 17.7 Å². The molecular weight excluding hydrogens is 282 g/mol. The van der Waals surface area contributed by atoms with E-state index in [9.17, 15) is 14.4 Å². The molecule has 5 heteroatoms. The lowest BCUT2D eigenvalue weighted by atomic mass is 10.0. The second-order valence-corrected chi connectivity index (χ2v) is 6.35. The van der Waals surface area contributed by atoms with E-state index in [1.54, 1.807) is 0 Å². The minimum Gasteiger partial charge on any atom is -0.460 e. The molecule has 126 valence electrons. The van der Waals surface area contributed by atoms with Crippen LogP contribution in [0.15, 0.2) is 12.2 Å². The zero-order chi connectivity index (χ0) is 17.2. The fourth-order valence-corrected chi connectivity index (χ4v) is 1.74. The van der Waals surface area contributed by atoms with Crippen LogP contribution in [0.25, 0.3) is 0 Å². The SMILES string of the molecule is C=C(CC(=O)NCCC)C(=O)CCCCC(=O)OC(C)(C)C. The summed E-state index contributed by atoms with van der Waals surface area (Å²) in [6.45, 7) is 11.7. The van der Waals surface area contributed by atoms with Gasteiger partial charge < -0.3 is 10.1 Å². The summed E-state index contributed by atoms with van der Waals surface area (Å²) in [6, 6.07) is 0. The summed E-state index contributed by atoms with van der Waals surface area (Å²) >= 11 is 0. The van der Waals surface area contributed by atoms with Crippen LogP contribution in [0, 0.1) is 0 Å². The molecule has 0 rings (SSSR count). The van der Waals surface area contributed by atoms with Crippen LogP contribution in [-0.4, -0.2) is 29.8 Å². The molecule has 1 N–H and O–H groups in total. The maximum Gasteiger partial charge on any atom is 0.306 e. The third-order valence-electron chi connectivity index (χ3n) is 2.80. The van der Waals surface area contributed by atoms with Gasteiger partial charge in [-0.05, 0) is 45.6 Å². The van der Waals surface area contributed by atoms with E-state index in [4.69, 9.17) is 4.74 Å². The highest BCUT2D eigenvalue weighted by molar-refractivity contribution is 5.99. The molecule has 0 aromatic carbocycles. The molecule has 0 atom stereocenters. The number of Topliss-reactive ketones (excluding diaryl/α,β-unsaturated/α-hetero) is 1. The lowest BCUT2D eigenvalue weighted by molar-refractivity contribution is -0.155. The van der Waals surface area contributed by atoms with Crippen molar-refractivity contribution in [2.24, 2.45) is 0 Å². The third-order valence-corrected chi connectivity index (χ3v) is 2.80. The van der Waals surface area contributed by atoms with E-state index in [0.29, 0.717) is 37.8 Å². The molecule has 0 aromatic rings. The van der Waals surface area contributed by atoms with Gasteiger partial charge in [-0.25, -0.2) is 0 Å². The van der Waals surface area contributed by atoms with Crippen LogP contribution in [0.4, 0.5) is 0 Å². The Morgan fingerprint density at radius 2 is 1.68 bits per heavy atom. The van der Waals surface area contributed by atoms with Crippen LogP contribution in [-0.2, 0) is 19.1 Å². The summed E-state index contributed by atoms with van der Waals surface area (Å²) in [5.41, 5.74) is -0.154. The van der Waals surface area contributed by atoms with Crippen molar-refractivity contribution < 1.29 is 19.1 Å². The Morgan fingerprint density at radius 1 is 1.09 bits per heavy atom. The molecule has 0 aliphatic heterocycles. The van der Waals surface area contributed by atoms with E-state index < -0.39 is 5.60 Å². The second kappa shape index (κ2) is 10.1. The summed E-state index contributed by atoms with van der Waals surface area (Å²) in [4.78, 5) is 34.8. The molecule has 0 fully saturated rings. The Hall–Kier alpha value is -1.65. The first kappa shape index (κ1) is 20.3. The number of unbranched alkanes of at least 4 members (excludes halogenated alkanes) is 1. The summed E-state index contributed by atoms with van der Waals surface area (Å²) < 4.78 is 5.19. The first-order chi connectivity index (χ1) is 10.2. The summed E-state index contributed by atoms with van der Waals surface area (Å²) in [6.07, 6.45) is 2.70. The second-order valence-electron chi connectivity index (χ2n) is 6.35. The Morgan fingerprint density at radius 3 is 2.23 bits per heavy atom. The van der Waals surface area contributed by atoms with Gasteiger partial charge in [0.2, 0.25) is 5.91 Å². The zero-order valence-electron chi connectivity index (χ0n) is 14.3. The first-order valence-electron chi connectivity index (χ1n) is 7.85. The molecule has 0 aliphatic carbocycles. The van der Waals surface area contributed by atoms with Gasteiger partial charge in [0.25, 0.3) is 0 Å². The molecule has 5 nitrogen and oxygen atoms in total.